The summed E-state index contributed by atoms with van der Waals surface area (Å²) in [5.74, 6) is 6.62. The lowest BCUT2D eigenvalue weighted by Gasteiger charge is -2.09. The van der Waals surface area contributed by atoms with E-state index in [1.54, 1.807) is 0 Å². The topological polar surface area (TPSA) is 45.0 Å². The van der Waals surface area contributed by atoms with Gasteiger partial charge in [-0.15, -0.1) is 11.8 Å². The molecule has 88 valence electrons. The first kappa shape index (κ1) is 13.1. The summed E-state index contributed by atoms with van der Waals surface area (Å²) in [6, 6.07) is 9.69. The Hall–Kier alpha value is -1.97. The van der Waals surface area contributed by atoms with E-state index < -0.39 is 0 Å². The van der Waals surface area contributed by atoms with Gasteiger partial charge in [0.1, 0.15) is 11.8 Å². The van der Waals surface area contributed by atoms with Gasteiger partial charge in [0, 0.05) is 25.1 Å². The van der Waals surface area contributed by atoms with Crippen LogP contribution in [0.3, 0.4) is 0 Å². The van der Waals surface area contributed by atoms with Crippen LogP contribution < -0.4 is 10.1 Å². The number of nitrogens with zero attached hydrogens (tertiary/aromatic N) is 1. The number of benzene rings is 1. The molecule has 0 aliphatic heterocycles. The van der Waals surface area contributed by atoms with Crippen molar-refractivity contribution >= 4 is 0 Å². The van der Waals surface area contributed by atoms with Crippen molar-refractivity contribution < 1.29 is 4.74 Å². The predicted octanol–water partition coefficient (Wildman–Crippen LogP) is 2.09. The molecule has 3 heteroatoms. The van der Waals surface area contributed by atoms with Crippen LogP contribution in [0.5, 0.6) is 5.75 Å². The fraction of sp³-hybridized carbons (Fsp3) is 0.357. The summed E-state index contributed by atoms with van der Waals surface area (Å²) in [5, 5.41) is 11.8. The zero-order chi connectivity index (χ0) is 12.3. The molecule has 3 nitrogen and oxygen atoms in total. The summed E-state index contributed by atoms with van der Waals surface area (Å²) in [5.41, 5.74) is 1.06. The van der Waals surface area contributed by atoms with E-state index in [0.717, 1.165) is 30.8 Å². The Labute approximate surface area is 102 Å². The maximum absolute atomic E-state index is 8.49. The standard InChI is InChI=1S/C14H16N2O/c1-2-3-6-10-16-12-13-7-4-5-8-14(13)17-11-9-15/h4-5,7-8,16H,6,10-12H2,1H3. The maximum Gasteiger partial charge on any atom is 0.174 e. The molecule has 17 heavy (non-hydrogen) atoms. The summed E-state index contributed by atoms with van der Waals surface area (Å²) in [7, 11) is 0. The molecule has 0 bridgehead atoms. The lowest BCUT2D eigenvalue weighted by molar-refractivity contribution is 0.362. The van der Waals surface area contributed by atoms with Crippen LogP contribution in [0.15, 0.2) is 24.3 Å². The van der Waals surface area contributed by atoms with Crippen molar-refractivity contribution in [2.45, 2.75) is 19.9 Å². The summed E-state index contributed by atoms with van der Waals surface area (Å²) in [6.07, 6.45) is 0.845. The zero-order valence-corrected chi connectivity index (χ0v) is 9.99. The van der Waals surface area contributed by atoms with Crippen LogP contribution in [-0.2, 0) is 6.54 Å². The molecule has 0 heterocycles. The van der Waals surface area contributed by atoms with Crippen molar-refractivity contribution in [3.63, 3.8) is 0 Å². The molecule has 1 aromatic carbocycles. The zero-order valence-electron chi connectivity index (χ0n) is 9.99. The van der Waals surface area contributed by atoms with E-state index in [9.17, 15) is 0 Å². The number of hydrogen-bond donors (Lipinski definition) is 1. The minimum Gasteiger partial charge on any atom is -0.478 e. The van der Waals surface area contributed by atoms with E-state index in [1.165, 1.54) is 0 Å². The minimum absolute atomic E-state index is 0.0817. The van der Waals surface area contributed by atoms with Gasteiger partial charge in [0.2, 0.25) is 0 Å². The van der Waals surface area contributed by atoms with E-state index >= 15 is 0 Å². The van der Waals surface area contributed by atoms with E-state index in [-0.39, 0.29) is 6.61 Å². The molecule has 0 radical (unpaired) electrons. The molecule has 0 atom stereocenters. The third-order valence-corrected chi connectivity index (χ3v) is 2.18. The number of nitriles is 1. The van der Waals surface area contributed by atoms with Crippen molar-refractivity contribution in [2.24, 2.45) is 0 Å². The van der Waals surface area contributed by atoms with Crippen molar-refractivity contribution in [3.8, 4) is 23.7 Å². The van der Waals surface area contributed by atoms with E-state index in [4.69, 9.17) is 10.00 Å². The first-order valence-electron chi connectivity index (χ1n) is 5.56. The average molecular weight is 228 g/mol. The Balaban J connectivity index is 2.45. The largest absolute Gasteiger partial charge is 0.478 e. The monoisotopic (exact) mass is 228 g/mol. The summed E-state index contributed by atoms with van der Waals surface area (Å²) in [4.78, 5) is 0. The lowest BCUT2D eigenvalue weighted by atomic mass is 10.2. The molecular formula is C14H16N2O. The van der Waals surface area contributed by atoms with Gasteiger partial charge in [0.25, 0.3) is 0 Å². The first-order chi connectivity index (χ1) is 8.38. The molecule has 0 unspecified atom stereocenters. The van der Waals surface area contributed by atoms with Crippen molar-refractivity contribution in [3.05, 3.63) is 29.8 Å². The number of hydrogen-bond acceptors (Lipinski definition) is 3. The van der Waals surface area contributed by atoms with Crippen molar-refractivity contribution in [1.82, 2.24) is 5.32 Å². The molecule has 0 fully saturated rings. The Morgan fingerprint density at radius 1 is 1.35 bits per heavy atom. The smallest absolute Gasteiger partial charge is 0.174 e. The highest BCUT2D eigenvalue weighted by Crippen LogP contribution is 2.17. The molecule has 1 N–H and O–H groups in total. The number of ether oxygens (including phenoxy) is 1. The molecular weight excluding hydrogens is 212 g/mol. The Morgan fingerprint density at radius 2 is 2.18 bits per heavy atom. The van der Waals surface area contributed by atoms with Gasteiger partial charge in [-0.3, -0.25) is 0 Å². The molecule has 0 aliphatic rings. The van der Waals surface area contributed by atoms with E-state index in [0.29, 0.717) is 0 Å². The van der Waals surface area contributed by atoms with Crippen LogP contribution in [0.2, 0.25) is 0 Å². The second kappa shape index (κ2) is 8.21. The Bertz CT molecular complexity index is 438. The van der Waals surface area contributed by atoms with E-state index in [1.807, 2.05) is 37.3 Å². The fourth-order valence-corrected chi connectivity index (χ4v) is 1.40. The quantitative estimate of drug-likeness (QED) is 0.599. The first-order valence-corrected chi connectivity index (χ1v) is 5.56. The van der Waals surface area contributed by atoms with Crippen molar-refractivity contribution in [1.29, 1.82) is 5.26 Å². The number of para-hydroxylation sites is 1. The fourth-order valence-electron chi connectivity index (χ4n) is 1.40. The van der Waals surface area contributed by atoms with Crippen LogP contribution in [0.25, 0.3) is 0 Å². The summed E-state index contributed by atoms with van der Waals surface area (Å²) < 4.78 is 5.34. The van der Waals surface area contributed by atoms with Crippen LogP contribution >= 0.6 is 0 Å². The summed E-state index contributed by atoms with van der Waals surface area (Å²) in [6.45, 7) is 3.50. The van der Waals surface area contributed by atoms with Crippen LogP contribution in [-0.4, -0.2) is 13.2 Å². The maximum atomic E-state index is 8.49. The van der Waals surface area contributed by atoms with Gasteiger partial charge in [-0.05, 0) is 13.0 Å². The molecule has 0 saturated heterocycles. The average Bonchev–Trinajstić information content (AvgIpc) is 2.37. The molecule has 0 spiro atoms. The highest BCUT2D eigenvalue weighted by Gasteiger charge is 2.01. The molecule has 0 aromatic heterocycles. The van der Waals surface area contributed by atoms with E-state index in [2.05, 4.69) is 17.2 Å². The van der Waals surface area contributed by atoms with Gasteiger partial charge in [-0.1, -0.05) is 18.2 Å². The third-order valence-electron chi connectivity index (χ3n) is 2.18. The predicted molar refractivity (Wildman–Crippen MR) is 67.3 cm³/mol. The Kier molecular flexibility index (Phi) is 6.33. The van der Waals surface area contributed by atoms with Gasteiger partial charge in [0.15, 0.2) is 6.61 Å². The number of rotatable bonds is 6. The van der Waals surface area contributed by atoms with Gasteiger partial charge >= 0.3 is 0 Å². The Morgan fingerprint density at radius 3 is 2.94 bits per heavy atom. The van der Waals surface area contributed by atoms with Gasteiger partial charge in [-0.2, -0.15) is 5.26 Å². The molecule has 0 saturated carbocycles. The minimum atomic E-state index is 0.0817. The molecule has 1 aromatic rings. The van der Waals surface area contributed by atoms with Gasteiger partial charge in [-0.25, -0.2) is 0 Å². The van der Waals surface area contributed by atoms with Gasteiger partial charge < -0.3 is 10.1 Å². The molecule has 0 aliphatic carbocycles. The number of nitrogens with one attached hydrogen (secondary N) is 1. The SMILES string of the molecule is CC#CCCNCc1ccccc1OCC#N. The van der Waals surface area contributed by atoms with Crippen molar-refractivity contribution in [2.75, 3.05) is 13.2 Å². The highest BCUT2D eigenvalue weighted by molar-refractivity contribution is 5.33. The second-order valence-corrected chi connectivity index (χ2v) is 3.41. The highest BCUT2D eigenvalue weighted by atomic mass is 16.5. The third kappa shape index (κ3) is 5.06. The van der Waals surface area contributed by atoms with Crippen LogP contribution in [0.4, 0.5) is 0 Å². The molecule has 1 rings (SSSR count). The lowest BCUT2D eigenvalue weighted by Crippen LogP contribution is -2.15. The summed E-state index contributed by atoms with van der Waals surface area (Å²) >= 11 is 0. The molecule has 0 amide bonds. The van der Waals surface area contributed by atoms with Crippen LogP contribution in [0.1, 0.15) is 18.9 Å². The van der Waals surface area contributed by atoms with Gasteiger partial charge in [0.05, 0.1) is 0 Å². The second-order valence-electron chi connectivity index (χ2n) is 3.41. The normalized spacial score (nSPS) is 8.94. The van der Waals surface area contributed by atoms with Crippen LogP contribution in [0, 0.1) is 23.2 Å².